The third kappa shape index (κ3) is 3.88. The molecule has 0 spiro atoms. The summed E-state index contributed by atoms with van der Waals surface area (Å²) in [7, 11) is 0. The molecule has 5 heteroatoms. The van der Waals surface area contributed by atoms with E-state index < -0.39 is 0 Å². The van der Waals surface area contributed by atoms with Crippen molar-refractivity contribution in [1.82, 2.24) is 5.01 Å². The van der Waals surface area contributed by atoms with Crippen molar-refractivity contribution >= 4 is 46.0 Å². The fraction of sp³-hybridized carbons (Fsp3) is 0. The lowest BCUT2D eigenvalue weighted by atomic mass is 10.2. The van der Waals surface area contributed by atoms with E-state index in [0.29, 0.717) is 9.23 Å². The zero-order chi connectivity index (χ0) is 16.1. The quantitative estimate of drug-likeness (QED) is 0.658. The molecule has 3 rings (SSSR count). The van der Waals surface area contributed by atoms with Crippen LogP contribution in [0.4, 0.5) is 5.69 Å². The first-order valence-corrected chi connectivity index (χ1v) is 8.28. The van der Waals surface area contributed by atoms with Crippen LogP contribution in [-0.2, 0) is 4.79 Å². The summed E-state index contributed by atoms with van der Waals surface area (Å²) in [6.45, 7) is 0. The van der Waals surface area contributed by atoms with Crippen LogP contribution in [-0.4, -0.2) is 15.2 Å². The van der Waals surface area contributed by atoms with E-state index in [2.05, 4.69) is 5.43 Å². The Morgan fingerprint density at radius 3 is 2.35 bits per heavy atom. The van der Waals surface area contributed by atoms with Crippen LogP contribution in [0.15, 0.2) is 77.7 Å². The van der Waals surface area contributed by atoms with Gasteiger partial charge in [0.25, 0.3) is 5.91 Å². The summed E-state index contributed by atoms with van der Waals surface area (Å²) in [6.07, 6.45) is 5.61. The van der Waals surface area contributed by atoms with Crippen molar-refractivity contribution in [2.45, 2.75) is 0 Å². The van der Waals surface area contributed by atoms with E-state index >= 15 is 0 Å². The largest absolute Gasteiger partial charge is 0.290 e. The van der Waals surface area contributed by atoms with Crippen LogP contribution in [0.5, 0.6) is 0 Å². The second-order valence-electron chi connectivity index (χ2n) is 4.79. The number of carbonyl (C=O) groups excluding carboxylic acids is 1. The van der Waals surface area contributed by atoms with Gasteiger partial charge in [0, 0.05) is 0 Å². The highest BCUT2D eigenvalue weighted by molar-refractivity contribution is 8.26. The minimum absolute atomic E-state index is 0.137. The van der Waals surface area contributed by atoms with Gasteiger partial charge in [-0.1, -0.05) is 72.4 Å². The number of nitrogens with zero attached hydrogens (tertiary/aromatic N) is 1. The molecule has 0 aliphatic carbocycles. The standard InChI is InChI=1S/C18H14N2OS2/c21-17-16(13-7-10-14-8-3-1-4-9-14)23-18(22)20(17)19-15-11-5-2-6-12-15/h1-13,19H/b10-7-,16-13+. The predicted molar refractivity (Wildman–Crippen MR) is 101 cm³/mol. The zero-order valence-corrected chi connectivity index (χ0v) is 13.8. The minimum atomic E-state index is -0.137. The van der Waals surface area contributed by atoms with Gasteiger partial charge in [-0.15, -0.1) is 0 Å². The smallest absolute Gasteiger partial charge is 0.285 e. The van der Waals surface area contributed by atoms with Gasteiger partial charge in [-0.05, 0) is 36.0 Å². The molecule has 0 atom stereocenters. The summed E-state index contributed by atoms with van der Waals surface area (Å²) in [4.78, 5) is 13.0. The van der Waals surface area contributed by atoms with Crippen molar-refractivity contribution in [2.75, 3.05) is 5.43 Å². The van der Waals surface area contributed by atoms with Gasteiger partial charge in [-0.25, -0.2) is 5.01 Å². The highest BCUT2D eigenvalue weighted by atomic mass is 32.2. The third-order valence-electron chi connectivity index (χ3n) is 3.14. The highest BCUT2D eigenvalue weighted by Gasteiger charge is 2.31. The summed E-state index contributed by atoms with van der Waals surface area (Å²) in [5.41, 5.74) is 4.94. The number of carbonyl (C=O) groups is 1. The van der Waals surface area contributed by atoms with Crippen LogP contribution < -0.4 is 5.43 Å². The van der Waals surface area contributed by atoms with Crippen molar-refractivity contribution in [3.05, 3.63) is 83.3 Å². The Hall–Kier alpha value is -2.37. The second-order valence-corrected chi connectivity index (χ2v) is 6.46. The van der Waals surface area contributed by atoms with Crippen molar-refractivity contribution in [1.29, 1.82) is 0 Å². The Bertz CT molecular complexity index is 770. The van der Waals surface area contributed by atoms with Crippen LogP contribution >= 0.6 is 24.0 Å². The van der Waals surface area contributed by atoms with E-state index in [1.807, 2.05) is 72.8 Å². The second kappa shape index (κ2) is 7.26. The predicted octanol–water partition coefficient (Wildman–Crippen LogP) is 4.47. The number of rotatable bonds is 4. The molecular formula is C18H14N2OS2. The first-order chi connectivity index (χ1) is 11.2. The number of hydrazine groups is 1. The number of thiocarbonyl (C=S) groups is 1. The molecule has 1 saturated heterocycles. The lowest BCUT2D eigenvalue weighted by molar-refractivity contribution is -0.121. The molecule has 0 radical (unpaired) electrons. The van der Waals surface area contributed by atoms with Crippen molar-refractivity contribution < 1.29 is 4.79 Å². The average Bonchev–Trinajstić information content (AvgIpc) is 2.85. The first kappa shape index (κ1) is 15.5. The van der Waals surface area contributed by atoms with Gasteiger partial charge in [-0.2, -0.15) is 0 Å². The maximum absolute atomic E-state index is 12.4. The molecule has 3 nitrogen and oxygen atoms in total. The molecule has 0 aromatic heterocycles. The number of para-hydroxylation sites is 1. The van der Waals surface area contributed by atoms with Gasteiger partial charge in [-0.3, -0.25) is 10.2 Å². The molecule has 1 heterocycles. The minimum Gasteiger partial charge on any atom is -0.290 e. The summed E-state index contributed by atoms with van der Waals surface area (Å²) in [5, 5.41) is 1.40. The Morgan fingerprint density at radius 2 is 1.65 bits per heavy atom. The molecule has 1 fully saturated rings. The van der Waals surface area contributed by atoms with Crippen LogP contribution in [0.3, 0.4) is 0 Å². The normalized spacial score (nSPS) is 16.5. The van der Waals surface area contributed by atoms with E-state index in [0.717, 1.165) is 11.3 Å². The maximum atomic E-state index is 12.4. The number of allylic oxidation sites excluding steroid dienone is 2. The Labute approximate surface area is 144 Å². The zero-order valence-electron chi connectivity index (χ0n) is 12.2. The monoisotopic (exact) mass is 338 g/mol. The first-order valence-electron chi connectivity index (χ1n) is 7.05. The topological polar surface area (TPSA) is 32.3 Å². The number of anilines is 1. The molecule has 2 aromatic carbocycles. The molecule has 0 saturated carbocycles. The van der Waals surface area contributed by atoms with E-state index in [-0.39, 0.29) is 5.91 Å². The van der Waals surface area contributed by atoms with Gasteiger partial charge in [0.15, 0.2) is 4.32 Å². The van der Waals surface area contributed by atoms with E-state index in [4.69, 9.17) is 12.2 Å². The van der Waals surface area contributed by atoms with Crippen LogP contribution in [0.25, 0.3) is 6.08 Å². The van der Waals surface area contributed by atoms with Crippen molar-refractivity contribution in [3.8, 4) is 0 Å². The molecule has 23 heavy (non-hydrogen) atoms. The molecule has 0 bridgehead atoms. The number of hydrogen-bond donors (Lipinski definition) is 1. The van der Waals surface area contributed by atoms with Crippen molar-refractivity contribution in [3.63, 3.8) is 0 Å². The van der Waals surface area contributed by atoms with Gasteiger partial charge in [0.1, 0.15) is 0 Å². The molecule has 1 aliphatic rings. The van der Waals surface area contributed by atoms with E-state index in [9.17, 15) is 4.79 Å². The number of hydrogen-bond acceptors (Lipinski definition) is 4. The summed E-state index contributed by atoms with van der Waals surface area (Å²) in [5.74, 6) is -0.137. The highest BCUT2D eigenvalue weighted by Crippen LogP contribution is 2.31. The SMILES string of the molecule is O=C1/C(=C\C=C/c2ccccc2)SC(=S)N1Nc1ccccc1. The van der Waals surface area contributed by atoms with Crippen LogP contribution in [0.2, 0.25) is 0 Å². The van der Waals surface area contributed by atoms with Crippen molar-refractivity contribution in [2.24, 2.45) is 0 Å². The van der Waals surface area contributed by atoms with Gasteiger partial charge in [0.05, 0.1) is 10.6 Å². The number of benzene rings is 2. The third-order valence-corrected chi connectivity index (χ3v) is 4.46. The maximum Gasteiger partial charge on any atom is 0.285 e. The summed E-state index contributed by atoms with van der Waals surface area (Å²) in [6, 6.07) is 19.4. The Kier molecular flexibility index (Phi) is 4.90. The summed E-state index contributed by atoms with van der Waals surface area (Å²) >= 11 is 6.57. The lowest BCUT2D eigenvalue weighted by Gasteiger charge is -2.16. The number of thioether (sulfide) groups is 1. The molecular weight excluding hydrogens is 324 g/mol. The molecule has 1 N–H and O–H groups in total. The Balaban J connectivity index is 1.71. The fourth-order valence-corrected chi connectivity index (χ4v) is 3.16. The average molecular weight is 338 g/mol. The summed E-state index contributed by atoms with van der Waals surface area (Å²) < 4.78 is 0.498. The van der Waals surface area contributed by atoms with Crippen LogP contribution in [0.1, 0.15) is 5.56 Å². The molecule has 1 aliphatic heterocycles. The van der Waals surface area contributed by atoms with Gasteiger partial charge in [0.2, 0.25) is 0 Å². The lowest BCUT2D eigenvalue weighted by Crippen LogP contribution is -2.33. The van der Waals surface area contributed by atoms with Crippen LogP contribution in [0, 0.1) is 0 Å². The fourth-order valence-electron chi connectivity index (χ4n) is 2.03. The number of nitrogens with one attached hydrogen (secondary N) is 1. The molecule has 0 unspecified atom stereocenters. The molecule has 114 valence electrons. The number of amides is 1. The molecule has 2 aromatic rings. The molecule has 1 amide bonds. The van der Waals surface area contributed by atoms with E-state index in [1.165, 1.54) is 16.8 Å². The van der Waals surface area contributed by atoms with Gasteiger partial charge < -0.3 is 0 Å². The Morgan fingerprint density at radius 1 is 1.00 bits per heavy atom. The van der Waals surface area contributed by atoms with Gasteiger partial charge >= 0.3 is 0 Å². The van der Waals surface area contributed by atoms with E-state index in [1.54, 1.807) is 6.08 Å².